The van der Waals surface area contributed by atoms with Crippen molar-refractivity contribution < 1.29 is 18.3 Å². The van der Waals surface area contributed by atoms with E-state index in [1.807, 2.05) is 0 Å². The summed E-state index contributed by atoms with van der Waals surface area (Å²) in [6.45, 7) is 0.370. The third kappa shape index (κ3) is 3.49. The molecule has 0 heterocycles. The van der Waals surface area contributed by atoms with Crippen molar-refractivity contribution in [2.45, 2.75) is 17.7 Å². The minimum atomic E-state index is -3.61. The van der Waals surface area contributed by atoms with Crippen LogP contribution in [0, 0.1) is 5.92 Å². The van der Waals surface area contributed by atoms with E-state index >= 15 is 0 Å². The molecule has 0 aliphatic heterocycles. The van der Waals surface area contributed by atoms with Crippen LogP contribution in [0.4, 0.5) is 5.69 Å². The number of nitrogens with zero attached hydrogens (tertiary/aromatic N) is 1. The highest BCUT2D eigenvalue weighted by molar-refractivity contribution is 7.89. The second kappa shape index (κ2) is 5.80. The number of carboxylic acids is 1. The smallest absolute Gasteiger partial charge is 0.323 e. The molecule has 1 aromatic rings. The molecule has 1 fully saturated rings. The van der Waals surface area contributed by atoms with Gasteiger partial charge in [0.2, 0.25) is 10.0 Å². The Labute approximate surface area is 118 Å². The van der Waals surface area contributed by atoms with Gasteiger partial charge in [-0.15, -0.1) is 0 Å². The topological polar surface area (TPSA) is 86.7 Å². The van der Waals surface area contributed by atoms with Crippen LogP contribution in [0.3, 0.4) is 0 Å². The van der Waals surface area contributed by atoms with E-state index in [2.05, 4.69) is 4.72 Å². The third-order valence-corrected chi connectivity index (χ3v) is 4.73. The first-order chi connectivity index (χ1) is 9.44. The number of hydrogen-bond donors (Lipinski definition) is 2. The van der Waals surface area contributed by atoms with Crippen molar-refractivity contribution >= 4 is 21.7 Å². The lowest BCUT2D eigenvalue weighted by atomic mass is 10.2. The largest absolute Gasteiger partial charge is 0.480 e. The molecule has 0 unspecified atom stereocenters. The van der Waals surface area contributed by atoms with E-state index in [1.165, 1.54) is 13.1 Å². The number of para-hydroxylation sites is 1. The number of carboxylic acid groups (broad SMARTS) is 1. The van der Waals surface area contributed by atoms with Gasteiger partial charge in [-0.05, 0) is 37.9 Å². The van der Waals surface area contributed by atoms with E-state index in [9.17, 15) is 13.2 Å². The average Bonchev–Trinajstić information content (AvgIpc) is 3.21. The first-order valence-electron chi connectivity index (χ1n) is 6.43. The van der Waals surface area contributed by atoms with Crippen molar-refractivity contribution in [3.8, 4) is 0 Å². The monoisotopic (exact) mass is 298 g/mol. The molecule has 0 radical (unpaired) electrons. The number of hydrogen-bond acceptors (Lipinski definition) is 4. The zero-order chi connectivity index (χ0) is 14.8. The molecule has 1 aromatic carbocycles. The van der Waals surface area contributed by atoms with Gasteiger partial charge in [0, 0.05) is 6.54 Å². The molecule has 1 aliphatic rings. The van der Waals surface area contributed by atoms with Crippen molar-refractivity contribution in [2.24, 2.45) is 5.92 Å². The molecule has 0 bridgehead atoms. The van der Waals surface area contributed by atoms with Crippen LogP contribution in [0.5, 0.6) is 0 Å². The van der Waals surface area contributed by atoms with Crippen molar-refractivity contribution in [3.63, 3.8) is 0 Å². The number of carbonyl (C=O) groups is 1. The Hall–Kier alpha value is -1.60. The molecule has 7 heteroatoms. The second-order valence-electron chi connectivity index (χ2n) is 4.89. The number of anilines is 1. The highest BCUT2D eigenvalue weighted by atomic mass is 32.2. The molecule has 0 aromatic heterocycles. The molecule has 1 aliphatic carbocycles. The fraction of sp³-hybridized carbons (Fsp3) is 0.462. The van der Waals surface area contributed by atoms with Crippen LogP contribution in [-0.4, -0.2) is 39.6 Å². The van der Waals surface area contributed by atoms with Gasteiger partial charge in [0.25, 0.3) is 0 Å². The molecule has 2 rings (SSSR count). The lowest BCUT2D eigenvalue weighted by Gasteiger charge is -2.25. The maximum Gasteiger partial charge on any atom is 0.323 e. The first-order valence-corrected chi connectivity index (χ1v) is 7.91. The Balaban J connectivity index is 2.38. The lowest BCUT2D eigenvalue weighted by molar-refractivity contribution is -0.135. The molecule has 0 atom stereocenters. The summed E-state index contributed by atoms with van der Waals surface area (Å²) in [6, 6.07) is 6.48. The summed E-state index contributed by atoms with van der Waals surface area (Å²) >= 11 is 0. The maximum absolute atomic E-state index is 12.0. The summed E-state index contributed by atoms with van der Waals surface area (Å²) in [6.07, 6.45) is 2.13. The van der Waals surface area contributed by atoms with E-state index in [1.54, 1.807) is 23.1 Å². The Bertz CT molecular complexity index is 596. The predicted octanol–water partition coefficient (Wildman–Crippen LogP) is 0.896. The Morgan fingerprint density at radius 3 is 2.60 bits per heavy atom. The van der Waals surface area contributed by atoms with Crippen LogP contribution in [-0.2, 0) is 14.8 Å². The Kier molecular flexibility index (Phi) is 4.29. The fourth-order valence-corrected chi connectivity index (χ4v) is 3.03. The minimum Gasteiger partial charge on any atom is -0.480 e. The molecule has 0 amide bonds. The summed E-state index contributed by atoms with van der Waals surface area (Å²) in [5.74, 6) is -0.512. The molecular formula is C13H18N2O4S. The van der Waals surface area contributed by atoms with Gasteiger partial charge in [-0.2, -0.15) is 0 Å². The van der Waals surface area contributed by atoms with Gasteiger partial charge >= 0.3 is 5.97 Å². The standard InChI is InChI=1S/C13H18N2O4S/c1-14-20(18,19)12-5-3-2-4-11(12)15(9-13(16)17)8-10-6-7-10/h2-5,10,14H,6-9H2,1H3,(H,16,17). The van der Waals surface area contributed by atoms with Crippen molar-refractivity contribution in [1.29, 1.82) is 0 Å². The fourth-order valence-electron chi connectivity index (χ4n) is 2.08. The first kappa shape index (κ1) is 14.8. The molecule has 2 N–H and O–H groups in total. The number of benzene rings is 1. The number of sulfonamides is 1. The average molecular weight is 298 g/mol. The van der Waals surface area contributed by atoms with Crippen LogP contribution < -0.4 is 9.62 Å². The van der Waals surface area contributed by atoms with Crippen molar-refractivity contribution in [2.75, 3.05) is 25.0 Å². The highest BCUT2D eigenvalue weighted by Gasteiger charge is 2.28. The van der Waals surface area contributed by atoms with Crippen LogP contribution in [0.2, 0.25) is 0 Å². The summed E-state index contributed by atoms with van der Waals surface area (Å²) < 4.78 is 26.3. The van der Waals surface area contributed by atoms with E-state index in [-0.39, 0.29) is 11.4 Å². The van der Waals surface area contributed by atoms with E-state index in [0.29, 0.717) is 18.2 Å². The van der Waals surface area contributed by atoms with Crippen LogP contribution >= 0.6 is 0 Å². The molecule has 0 spiro atoms. The summed E-state index contributed by atoms with van der Waals surface area (Å²) in [5.41, 5.74) is 0.441. The zero-order valence-corrected chi connectivity index (χ0v) is 12.1. The van der Waals surface area contributed by atoms with Crippen LogP contribution in [0.1, 0.15) is 12.8 Å². The highest BCUT2D eigenvalue weighted by Crippen LogP contribution is 2.33. The van der Waals surface area contributed by atoms with Gasteiger partial charge in [0.05, 0.1) is 5.69 Å². The molecule has 20 heavy (non-hydrogen) atoms. The van der Waals surface area contributed by atoms with Gasteiger partial charge in [-0.25, -0.2) is 13.1 Å². The van der Waals surface area contributed by atoms with E-state index in [0.717, 1.165) is 12.8 Å². The predicted molar refractivity (Wildman–Crippen MR) is 75.3 cm³/mol. The SMILES string of the molecule is CNS(=O)(=O)c1ccccc1N(CC(=O)O)CC1CC1. The van der Waals surface area contributed by atoms with Gasteiger partial charge < -0.3 is 10.0 Å². The van der Waals surface area contributed by atoms with Crippen molar-refractivity contribution in [1.82, 2.24) is 4.72 Å². The Morgan fingerprint density at radius 1 is 1.40 bits per heavy atom. The lowest BCUT2D eigenvalue weighted by Crippen LogP contribution is -2.33. The van der Waals surface area contributed by atoms with Gasteiger partial charge in [0.1, 0.15) is 11.4 Å². The molecule has 0 saturated heterocycles. The normalized spacial score (nSPS) is 15.1. The van der Waals surface area contributed by atoms with E-state index in [4.69, 9.17) is 5.11 Å². The summed E-state index contributed by atoms with van der Waals surface area (Å²) in [4.78, 5) is 12.8. The van der Waals surface area contributed by atoms with E-state index < -0.39 is 16.0 Å². The van der Waals surface area contributed by atoms with Crippen LogP contribution in [0.15, 0.2) is 29.2 Å². The Morgan fingerprint density at radius 2 is 2.05 bits per heavy atom. The van der Waals surface area contributed by atoms with Gasteiger partial charge in [0.15, 0.2) is 0 Å². The number of aliphatic carboxylic acids is 1. The quantitative estimate of drug-likeness (QED) is 0.781. The molecule has 6 nitrogen and oxygen atoms in total. The number of nitrogens with one attached hydrogen (secondary N) is 1. The third-order valence-electron chi connectivity index (χ3n) is 3.27. The summed E-state index contributed by atoms with van der Waals surface area (Å²) in [5, 5.41) is 9.02. The molecule has 110 valence electrons. The maximum atomic E-state index is 12.0. The molecular weight excluding hydrogens is 280 g/mol. The number of rotatable bonds is 7. The van der Waals surface area contributed by atoms with Gasteiger partial charge in [-0.3, -0.25) is 4.79 Å². The second-order valence-corrected chi connectivity index (χ2v) is 6.75. The minimum absolute atomic E-state index is 0.115. The van der Waals surface area contributed by atoms with Crippen LogP contribution in [0.25, 0.3) is 0 Å². The summed E-state index contributed by atoms with van der Waals surface area (Å²) in [7, 11) is -2.27. The van der Waals surface area contributed by atoms with Crippen molar-refractivity contribution in [3.05, 3.63) is 24.3 Å². The zero-order valence-electron chi connectivity index (χ0n) is 11.2. The van der Waals surface area contributed by atoms with Gasteiger partial charge in [-0.1, -0.05) is 12.1 Å². The molecule has 1 saturated carbocycles.